The summed E-state index contributed by atoms with van der Waals surface area (Å²) in [5, 5.41) is 9.50. The Kier molecular flexibility index (Phi) is 5.42. The lowest BCUT2D eigenvalue weighted by molar-refractivity contribution is 0.0230. The maximum Gasteiger partial charge on any atom is 0.341 e. The summed E-state index contributed by atoms with van der Waals surface area (Å²) in [4.78, 5) is 22.6. The van der Waals surface area contributed by atoms with Gasteiger partial charge in [-0.2, -0.15) is 19.6 Å². The molecular formula is C22H20F3N7O2. The molecule has 3 aromatic rings. The van der Waals surface area contributed by atoms with Crippen molar-refractivity contribution in [1.82, 2.24) is 29.7 Å². The third kappa shape index (κ3) is 4.06. The molecule has 0 radical (unpaired) electrons. The number of hydrogen-bond donors (Lipinski definition) is 0. The molecule has 1 aromatic carbocycles. The monoisotopic (exact) mass is 471 g/mol. The Hall–Kier alpha value is -3.96. The number of carbonyl (C=O) groups excluding carboxylic acids is 1. The maximum atomic E-state index is 14.3. The average Bonchev–Trinajstić information content (AvgIpc) is 3.37. The summed E-state index contributed by atoms with van der Waals surface area (Å²) in [6.45, 7) is 2.18. The third-order valence-electron chi connectivity index (χ3n) is 5.64. The van der Waals surface area contributed by atoms with Crippen LogP contribution >= 0.6 is 0 Å². The summed E-state index contributed by atoms with van der Waals surface area (Å²) >= 11 is 0. The van der Waals surface area contributed by atoms with Crippen LogP contribution in [-0.2, 0) is 7.05 Å². The predicted molar refractivity (Wildman–Crippen MR) is 114 cm³/mol. The van der Waals surface area contributed by atoms with Gasteiger partial charge >= 0.3 is 6.03 Å². The van der Waals surface area contributed by atoms with Crippen LogP contribution in [0.4, 0.5) is 18.0 Å². The van der Waals surface area contributed by atoms with Crippen molar-refractivity contribution in [2.75, 3.05) is 13.1 Å². The first-order valence-corrected chi connectivity index (χ1v) is 10.6. The molecule has 176 valence electrons. The van der Waals surface area contributed by atoms with E-state index in [4.69, 9.17) is 4.74 Å². The fourth-order valence-electron chi connectivity index (χ4n) is 3.99. The van der Waals surface area contributed by atoms with E-state index in [1.807, 2.05) is 6.92 Å². The van der Waals surface area contributed by atoms with Gasteiger partial charge in [-0.25, -0.2) is 23.6 Å². The number of benzene rings is 1. The molecule has 4 heterocycles. The molecule has 2 aliphatic heterocycles. The highest BCUT2D eigenvalue weighted by Gasteiger charge is 2.39. The molecule has 0 bridgehead atoms. The minimum Gasteiger partial charge on any atom is -0.468 e. The first-order valence-electron chi connectivity index (χ1n) is 10.6. The molecule has 0 saturated carbocycles. The van der Waals surface area contributed by atoms with E-state index in [-0.39, 0.29) is 24.8 Å². The van der Waals surface area contributed by atoms with Crippen LogP contribution in [0.25, 0.3) is 11.5 Å². The fourth-order valence-corrected chi connectivity index (χ4v) is 3.99. The van der Waals surface area contributed by atoms with Gasteiger partial charge in [0.15, 0.2) is 5.82 Å². The summed E-state index contributed by atoms with van der Waals surface area (Å²) in [5.41, 5.74) is 1.70. The first-order chi connectivity index (χ1) is 16.3. The molecule has 1 fully saturated rings. The van der Waals surface area contributed by atoms with E-state index in [2.05, 4.69) is 20.2 Å². The van der Waals surface area contributed by atoms with Crippen LogP contribution in [0, 0.1) is 24.4 Å². The molecule has 5 rings (SSSR count). The highest BCUT2D eigenvalue weighted by atomic mass is 19.1. The molecule has 2 aromatic heterocycles. The number of nitrogens with zero attached hydrogens (tertiary/aromatic N) is 7. The van der Waals surface area contributed by atoms with E-state index < -0.39 is 35.6 Å². The smallest absolute Gasteiger partial charge is 0.341 e. The molecule has 0 N–H and O–H groups in total. The van der Waals surface area contributed by atoms with Crippen LogP contribution < -0.4 is 4.74 Å². The molecule has 34 heavy (non-hydrogen) atoms. The van der Waals surface area contributed by atoms with Gasteiger partial charge in [0.1, 0.15) is 23.4 Å². The van der Waals surface area contributed by atoms with E-state index >= 15 is 0 Å². The third-order valence-corrected chi connectivity index (χ3v) is 5.64. The molecule has 2 amide bonds. The van der Waals surface area contributed by atoms with Crippen molar-refractivity contribution in [2.45, 2.75) is 25.5 Å². The maximum absolute atomic E-state index is 14.3. The number of carbonyl (C=O) groups is 1. The van der Waals surface area contributed by atoms with Crippen LogP contribution in [0.2, 0.25) is 0 Å². The molecule has 1 saturated heterocycles. The number of likely N-dealkylation sites (tertiary alicyclic amines) is 1. The van der Waals surface area contributed by atoms with Gasteiger partial charge < -0.3 is 9.64 Å². The molecule has 2 aliphatic rings. The molecule has 0 aliphatic carbocycles. The van der Waals surface area contributed by atoms with Gasteiger partial charge in [-0.3, -0.25) is 4.68 Å². The lowest BCUT2D eigenvalue weighted by atomic mass is 10.0. The van der Waals surface area contributed by atoms with Crippen LogP contribution in [0.5, 0.6) is 5.88 Å². The largest absolute Gasteiger partial charge is 0.468 e. The van der Waals surface area contributed by atoms with Gasteiger partial charge in [-0.15, -0.1) is 0 Å². The summed E-state index contributed by atoms with van der Waals surface area (Å²) < 4.78 is 48.8. The Morgan fingerprint density at radius 3 is 2.53 bits per heavy atom. The van der Waals surface area contributed by atoms with Crippen molar-refractivity contribution in [3.05, 3.63) is 59.2 Å². The minimum atomic E-state index is -0.723. The molecule has 1 atom stereocenters. The summed E-state index contributed by atoms with van der Waals surface area (Å²) in [6, 6.07) is 3.88. The number of aryl methyl sites for hydroxylation is 2. The Labute approximate surface area is 192 Å². The minimum absolute atomic E-state index is 0.179. The van der Waals surface area contributed by atoms with Gasteiger partial charge in [0.2, 0.25) is 5.82 Å². The normalized spacial score (nSPS) is 17.9. The van der Waals surface area contributed by atoms with Crippen molar-refractivity contribution in [2.24, 2.45) is 12.1 Å². The number of amides is 2. The molecular weight excluding hydrogens is 451 g/mol. The van der Waals surface area contributed by atoms with Crippen LogP contribution in [0.1, 0.15) is 23.7 Å². The second-order valence-electron chi connectivity index (χ2n) is 8.17. The average molecular weight is 471 g/mol. The van der Waals surface area contributed by atoms with Gasteiger partial charge in [-0.05, 0) is 30.7 Å². The van der Waals surface area contributed by atoms with Gasteiger partial charge in [0, 0.05) is 25.7 Å². The Bertz CT molecular complexity index is 1270. The van der Waals surface area contributed by atoms with Crippen molar-refractivity contribution in [3.63, 3.8) is 0 Å². The number of aromatic nitrogens is 4. The van der Waals surface area contributed by atoms with Crippen molar-refractivity contribution >= 4 is 12.2 Å². The number of hydrazone groups is 1. The molecule has 0 spiro atoms. The molecule has 9 nitrogen and oxygen atoms in total. The standard InChI is InChI=1S/C22H20F3N7O2/c1-12-5-19(30(2)29-12)20-26-9-17(25)21(28-20)34-16-10-31(11-16)22(33)32-18(3-4-27-32)13-6-14(23)8-15(24)7-13/h4-9,16,18H,3,10-11H2,1-2H3/t18-/m0/s1. The van der Waals surface area contributed by atoms with E-state index in [0.29, 0.717) is 17.7 Å². The van der Waals surface area contributed by atoms with Gasteiger partial charge in [-0.1, -0.05) is 0 Å². The van der Waals surface area contributed by atoms with Crippen molar-refractivity contribution in [3.8, 4) is 17.4 Å². The quantitative estimate of drug-likeness (QED) is 0.583. The highest BCUT2D eigenvalue weighted by Crippen LogP contribution is 2.32. The lowest BCUT2D eigenvalue weighted by Crippen LogP contribution is -2.59. The summed E-state index contributed by atoms with van der Waals surface area (Å²) in [6.07, 6.45) is 2.41. The number of urea groups is 1. The van der Waals surface area contributed by atoms with Crippen LogP contribution in [-0.4, -0.2) is 61.1 Å². The number of ether oxygens (including phenoxy) is 1. The first kappa shape index (κ1) is 21.9. The fraction of sp³-hybridized carbons (Fsp3) is 0.318. The number of halogens is 3. The highest BCUT2D eigenvalue weighted by molar-refractivity contribution is 5.79. The summed E-state index contributed by atoms with van der Waals surface area (Å²) in [7, 11) is 1.73. The van der Waals surface area contributed by atoms with E-state index in [0.717, 1.165) is 18.0 Å². The number of rotatable bonds is 4. The van der Waals surface area contributed by atoms with Gasteiger partial charge in [0.05, 0.1) is 31.0 Å². The zero-order valence-corrected chi connectivity index (χ0v) is 18.3. The summed E-state index contributed by atoms with van der Waals surface area (Å²) in [5.74, 6) is -2.11. The second kappa shape index (κ2) is 8.43. The zero-order chi connectivity index (χ0) is 24.0. The van der Waals surface area contributed by atoms with Crippen molar-refractivity contribution < 1.29 is 22.7 Å². The van der Waals surface area contributed by atoms with Crippen molar-refractivity contribution in [1.29, 1.82) is 0 Å². The van der Waals surface area contributed by atoms with Gasteiger partial charge in [0.25, 0.3) is 5.88 Å². The van der Waals surface area contributed by atoms with E-state index in [1.165, 1.54) is 28.3 Å². The Balaban J connectivity index is 1.24. The zero-order valence-electron chi connectivity index (χ0n) is 18.3. The topological polar surface area (TPSA) is 88.7 Å². The Morgan fingerprint density at radius 2 is 1.85 bits per heavy atom. The lowest BCUT2D eigenvalue weighted by Gasteiger charge is -2.40. The SMILES string of the molecule is Cc1cc(-c2ncc(F)c(OC3CN(C(=O)N4N=CC[C@H]4c4cc(F)cc(F)c4)C3)n2)n(C)n1. The molecule has 0 unspecified atom stereocenters. The van der Waals surface area contributed by atoms with E-state index in [1.54, 1.807) is 17.8 Å². The van der Waals surface area contributed by atoms with Crippen LogP contribution in [0.3, 0.4) is 0 Å². The Morgan fingerprint density at radius 1 is 1.12 bits per heavy atom. The van der Waals surface area contributed by atoms with Crippen LogP contribution in [0.15, 0.2) is 35.6 Å². The number of hydrogen-bond acceptors (Lipinski definition) is 6. The van der Waals surface area contributed by atoms with E-state index in [9.17, 15) is 18.0 Å². The predicted octanol–water partition coefficient (Wildman–Crippen LogP) is 3.22. The molecule has 12 heteroatoms. The second-order valence-corrected chi connectivity index (χ2v) is 8.17.